The van der Waals surface area contributed by atoms with Crippen molar-refractivity contribution in [3.05, 3.63) is 60.5 Å². The van der Waals surface area contributed by atoms with E-state index in [0.717, 1.165) is 49.1 Å². The van der Waals surface area contributed by atoms with Crippen molar-refractivity contribution >= 4 is 17.1 Å². The Morgan fingerprint density at radius 2 is 2.08 bits per heavy atom. The van der Waals surface area contributed by atoms with Crippen molar-refractivity contribution in [1.82, 2.24) is 14.9 Å². The van der Waals surface area contributed by atoms with Gasteiger partial charge < -0.3 is 15.0 Å². The van der Waals surface area contributed by atoms with E-state index in [4.69, 9.17) is 0 Å². The minimum atomic E-state index is 0.211. The number of hydrogen-bond donors (Lipinski definition) is 2. The number of hydrogen-bond acceptors (Lipinski definition) is 3. The van der Waals surface area contributed by atoms with Crippen LogP contribution in [0.5, 0.6) is 0 Å². The molecule has 4 nitrogen and oxygen atoms in total. The number of rotatable bonds is 11. The Bertz CT molecular complexity index is 724. The third kappa shape index (κ3) is 6.28. The maximum absolute atomic E-state index is 9.26. The van der Waals surface area contributed by atoms with Crippen LogP contribution in [0.1, 0.15) is 32.3 Å². The Labute approximate surface area is 157 Å². The number of aliphatic hydroxyl groups excluding tert-OH is 1. The van der Waals surface area contributed by atoms with E-state index in [2.05, 4.69) is 71.2 Å². The standard InChI is InChI=1S/C22H31N3O/c1-3-5-8-19(18-25(15-4-2)16-17-26)9-6-7-10-20-11-13-23-22-21(20)12-14-24-22/h5-14,19,26H,3-4,15-18H2,1-2H3,(H,23,24)/b8-5-,9-6?,10-7+. The second-order valence-corrected chi connectivity index (χ2v) is 6.41. The van der Waals surface area contributed by atoms with Gasteiger partial charge in [-0.3, -0.25) is 0 Å². The van der Waals surface area contributed by atoms with Gasteiger partial charge >= 0.3 is 0 Å². The fraction of sp³-hybridized carbons (Fsp3) is 0.409. The van der Waals surface area contributed by atoms with Crippen molar-refractivity contribution in [2.75, 3.05) is 26.2 Å². The summed E-state index contributed by atoms with van der Waals surface area (Å²) in [6, 6.07) is 4.08. The zero-order chi connectivity index (χ0) is 18.6. The summed E-state index contributed by atoms with van der Waals surface area (Å²) in [5.41, 5.74) is 2.08. The van der Waals surface area contributed by atoms with E-state index < -0.39 is 0 Å². The summed E-state index contributed by atoms with van der Waals surface area (Å²) in [7, 11) is 0. The second-order valence-electron chi connectivity index (χ2n) is 6.41. The van der Waals surface area contributed by atoms with Crippen LogP contribution in [0.3, 0.4) is 0 Å². The van der Waals surface area contributed by atoms with Crippen LogP contribution in [0.2, 0.25) is 0 Å². The summed E-state index contributed by atoms with van der Waals surface area (Å²) in [6.45, 7) is 7.23. The molecule has 140 valence electrons. The van der Waals surface area contributed by atoms with Crippen molar-refractivity contribution < 1.29 is 5.11 Å². The highest BCUT2D eigenvalue weighted by atomic mass is 16.3. The highest BCUT2D eigenvalue weighted by molar-refractivity contribution is 5.85. The van der Waals surface area contributed by atoms with Crippen molar-refractivity contribution in [3.8, 4) is 0 Å². The van der Waals surface area contributed by atoms with E-state index in [0.29, 0.717) is 5.92 Å². The van der Waals surface area contributed by atoms with E-state index in [-0.39, 0.29) is 6.61 Å². The monoisotopic (exact) mass is 353 g/mol. The van der Waals surface area contributed by atoms with Crippen molar-refractivity contribution in [2.24, 2.45) is 5.92 Å². The smallest absolute Gasteiger partial charge is 0.137 e. The molecule has 2 aromatic rings. The van der Waals surface area contributed by atoms with Crippen LogP contribution >= 0.6 is 0 Å². The predicted octanol–water partition coefficient (Wildman–Crippen LogP) is 4.42. The van der Waals surface area contributed by atoms with E-state index in [1.54, 1.807) is 0 Å². The highest BCUT2D eigenvalue weighted by Gasteiger charge is 2.08. The molecule has 0 bridgehead atoms. The molecule has 4 heteroatoms. The molecule has 0 aliphatic rings. The molecule has 2 aromatic heterocycles. The van der Waals surface area contributed by atoms with Crippen LogP contribution in [0, 0.1) is 5.92 Å². The first-order valence-corrected chi connectivity index (χ1v) is 9.55. The second kappa shape index (κ2) is 11.4. The summed E-state index contributed by atoms with van der Waals surface area (Å²) in [5, 5.41) is 10.4. The maximum atomic E-state index is 9.26. The molecule has 2 heterocycles. The molecule has 0 aliphatic heterocycles. The Morgan fingerprint density at radius 1 is 1.19 bits per heavy atom. The lowest BCUT2D eigenvalue weighted by Crippen LogP contribution is -2.31. The molecule has 1 atom stereocenters. The number of pyridine rings is 1. The number of fused-ring (bicyclic) bond motifs is 1. The van der Waals surface area contributed by atoms with Crippen molar-refractivity contribution in [3.63, 3.8) is 0 Å². The molecule has 0 saturated carbocycles. The normalized spacial score (nSPS) is 13.8. The molecular weight excluding hydrogens is 322 g/mol. The lowest BCUT2D eigenvalue weighted by Gasteiger charge is -2.23. The molecule has 0 spiro atoms. The van der Waals surface area contributed by atoms with Crippen LogP contribution in [0.4, 0.5) is 0 Å². The molecule has 2 rings (SSSR count). The van der Waals surface area contributed by atoms with Crippen LogP contribution < -0.4 is 0 Å². The summed E-state index contributed by atoms with van der Waals surface area (Å²) in [6.07, 6.45) is 18.9. The lowest BCUT2D eigenvalue weighted by molar-refractivity contribution is 0.190. The van der Waals surface area contributed by atoms with Gasteiger partial charge in [-0.25, -0.2) is 4.98 Å². The number of nitrogens with one attached hydrogen (secondary N) is 1. The number of H-pyrrole nitrogens is 1. The van der Waals surface area contributed by atoms with Gasteiger partial charge in [-0.1, -0.05) is 50.3 Å². The molecule has 0 aromatic carbocycles. The minimum absolute atomic E-state index is 0.211. The van der Waals surface area contributed by atoms with Gasteiger partial charge in [-0.05, 0) is 37.1 Å². The molecule has 0 amide bonds. The number of nitrogens with zero attached hydrogens (tertiary/aromatic N) is 2. The lowest BCUT2D eigenvalue weighted by atomic mass is 10.1. The van der Waals surface area contributed by atoms with Gasteiger partial charge in [-0.2, -0.15) is 0 Å². The van der Waals surface area contributed by atoms with E-state index >= 15 is 0 Å². The zero-order valence-electron chi connectivity index (χ0n) is 15.9. The fourth-order valence-corrected chi connectivity index (χ4v) is 3.04. The van der Waals surface area contributed by atoms with Crippen LogP contribution in [-0.2, 0) is 0 Å². The van der Waals surface area contributed by atoms with Gasteiger partial charge in [0.1, 0.15) is 5.65 Å². The zero-order valence-corrected chi connectivity index (χ0v) is 15.9. The SMILES string of the molecule is CC/C=C\C(C=C/C=C/c1ccnc2[nH]ccc12)CN(CCC)CCO. The molecule has 0 aliphatic carbocycles. The van der Waals surface area contributed by atoms with Crippen LogP contribution in [-0.4, -0.2) is 46.2 Å². The Kier molecular flexibility index (Phi) is 8.87. The molecule has 1 unspecified atom stereocenters. The summed E-state index contributed by atoms with van der Waals surface area (Å²) in [4.78, 5) is 9.78. The first kappa shape index (κ1) is 20.1. The van der Waals surface area contributed by atoms with Gasteiger partial charge in [0.25, 0.3) is 0 Å². The Balaban J connectivity index is 2.04. The molecule has 26 heavy (non-hydrogen) atoms. The quantitative estimate of drug-likeness (QED) is 0.464. The summed E-state index contributed by atoms with van der Waals surface area (Å²) < 4.78 is 0. The minimum Gasteiger partial charge on any atom is -0.395 e. The molecular formula is C22H31N3O. The van der Waals surface area contributed by atoms with Gasteiger partial charge in [0.2, 0.25) is 0 Å². The van der Waals surface area contributed by atoms with Crippen molar-refractivity contribution in [2.45, 2.75) is 26.7 Å². The Hall–Kier alpha value is -2.17. The summed E-state index contributed by atoms with van der Waals surface area (Å²) in [5.74, 6) is 0.349. The molecule has 0 saturated heterocycles. The molecule has 0 fully saturated rings. The van der Waals surface area contributed by atoms with Gasteiger partial charge in [-0.15, -0.1) is 0 Å². The van der Waals surface area contributed by atoms with Crippen LogP contribution in [0.15, 0.2) is 54.9 Å². The summed E-state index contributed by atoms with van der Waals surface area (Å²) >= 11 is 0. The third-order valence-corrected chi connectivity index (χ3v) is 4.28. The van der Waals surface area contributed by atoms with E-state index in [9.17, 15) is 5.11 Å². The highest BCUT2D eigenvalue weighted by Crippen LogP contribution is 2.16. The number of aromatic nitrogens is 2. The van der Waals surface area contributed by atoms with Gasteiger partial charge in [0.05, 0.1) is 6.61 Å². The first-order chi connectivity index (χ1) is 12.8. The predicted molar refractivity (Wildman–Crippen MR) is 111 cm³/mol. The number of allylic oxidation sites excluding steroid dienone is 3. The largest absolute Gasteiger partial charge is 0.395 e. The average molecular weight is 354 g/mol. The number of aromatic amines is 1. The van der Waals surface area contributed by atoms with Gasteiger partial charge in [0.15, 0.2) is 0 Å². The molecule has 2 N–H and O–H groups in total. The Morgan fingerprint density at radius 3 is 2.85 bits per heavy atom. The van der Waals surface area contributed by atoms with E-state index in [1.807, 2.05) is 18.5 Å². The maximum Gasteiger partial charge on any atom is 0.137 e. The van der Waals surface area contributed by atoms with Crippen LogP contribution in [0.25, 0.3) is 17.1 Å². The van der Waals surface area contributed by atoms with E-state index in [1.165, 1.54) is 0 Å². The number of aliphatic hydroxyl groups is 1. The van der Waals surface area contributed by atoms with Gasteiger partial charge in [0, 0.05) is 36.8 Å². The average Bonchev–Trinajstić information content (AvgIpc) is 3.13. The topological polar surface area (TPSA) is 52.2 Å². The third-order valence-electron chi connectivity index (χ3n) is 4.28. The first-order valence-electron chi connectivity index (χ1n) is 9.55. The fourth-order valence-electron chi connectivity index (χ4n) is 3.04. The van der Waals surface area contributed by atoms with Crippen molar-refractivity contribution in [1.29, 1.82) is 0 Å². The molecule has 0 radical (unpaired) electrons.